The highest BCUT2D eigenvalue weighted by Gasteiger charge is 2.23. The van der Waals surface area contributed by atoms with Crippen molar-refractivity contribution in [3.8, 4) is 23.3 Å². The van der Waals surface area contributed by atoms with E-state index < -0.39 is 0 Å². The Kier molecular flexibility index (Phi) is 1.97. The normalized spacial score (nSPS) is 11.2. The van der Waals surface area contributed by atoms with Crippen LogP contribution in [-0.2, 0) is 6.42 Å². The van der Waals surface area contributed by atoms with E-state index in [1.807, 2.05) is 18.2 Å². The van der Waals surface area contributed by atoms with E-state index in [-0.39, 0.29) is 0 Å². The van der Waals surface area contributed by atoms with Crippen LogP contribution in [0.1, 0.15) is 22.3 Å². The Bertz CT molecular complexity index is 700. The van der Waals surface area contributed by atoms with Gasteiger partial charge >= 0.3 is 0 Å². The van der Waals surface area contributed by atoms with E-state index in [4.69, 9.17) is 10.5 Å². The van der Waals surface area contributed by atoms with Crippen molar-refractivity contribution >= 4 is 0 Å². The molecule has 0 atom stereocenters. The second-order valence-corrected chi connectivity index (χ2v) is 4.07. The van der Waals surface area contributed by atoms with Crippen LogP contribution in [0.25, 0.3) is 11.1 Å². The fourth-order valence-electron chi connectivity index (χ4n) is 2.45. The van der Waals surface area contributed by atoms with E-state index in [1.54, 1.807) is 12.1 Å². The van der Waals surface area contributed by atoms with Crippen LogP contribution in [0.3, 0.4) is 0 Å². The lowest BCUT2D eigenvalue weighted by atomic mass is 9.97. The SMILES string of the molecule is N#Cc1ccc(C#N)c2c1Cc1ccccc1-2. The zero-order chi connectivity index (χ0) is 11.8. The molecule has 2 nitrogen and oxygen atoms in total. The van der Waals surface area contributed by atoms with E-state index in [0.29, 0.717) is 11.1 Å². The molecular weight excluding hydrogens is 208 g/mol. The van der Waals surface area contributed by atoms with Crippen LogP contribution >= 0.6 is 0 Å². The van der Waals surface area contributed by atoms with E-state index in [2.05, 4.69) is 18.2 Å². The predicted molar refractivity (Wildman–Crippen MR) is 64.1 cm³/mol. The Balaban J connectivity index is 2.40. The first kappa shape index (κ1) is 9.63. The van der Waals surface area contributed by atoms with Gasteiger partial charge in [-0.25, -0.2) is 0 Å². The Labute approximate surface area is 99.4 Å². The highest BCUT2D eigenvalue weighted by molar-refractivity contribution is 5.83. The summed E-state index contributed by atoms with van der Waals surface area (Å²) in [6.07, 6.45) is 0.754. The molecule has 0 saturated carbocycles. The minimum Gasteiger partial charge on any atom is -0.192 e. The smallest absolute Gasteiger partial charge is 0.0998 e. The highest BCUT2D eigenvalue weighted by Crippen LogP contribution is 2.40. The van der Waals surface area contributed by atoms with Gasteiger partial charge in [-0.1, -0.05) is 24.3 Å². The lowest BCUT2D eigenvalue weighted by Gasteiger charge is -2.04. The lowest BCUT2D eigenvalue weighted by Crippen LogP contribution is -1.90. The van der Waals surface area contributed by atoms with Gasteiger partial charge in [-0.05, 0) is 28.8 Å². The number of hydrogen-bond acceptors (Lipinski definition) is 2. The molecule has 2 aromatic carbocycles. The number of nitrogens with zero attached hydrogens (tertiary/aromatic N) is 2. The number of fused-ring (bicyclic) bond motifs is 3. The van der Waals surface area contributed by atoms with Crippen molar-refractivity contribution < 1.29 is 0 Å². The fourth-order valence-corrected chi connectivity index (χ4v) is 2.45. The second-order valence-electron chi connectivity index (χ2n) is 4.07. The molecule has 0 heterocycles. The molecule has 0 spiro atoms. The van der Waals surface area contributed by atoms with Gasteiger partial charge in [-0.2, -0.15) is 10.5 Å². The summed E-state index contributed by atoms with van der Waals surface area (Å²) in [5, 5.41) is 18.3. The van der Waals surface area contributed by atoms with Crippen molar-refractivity contribution in [3.63, 3.8) is 0 Å². The molecule has 0 unspecified atom stereocenters. The van der Waals surface area contributed by atoms with Crippen LogP contribution in [0.15, 0.2) is 36.4 Å². The van der Waals surface area contributed by atoms with Crippen molar-refractivity contribution in [2.75, 3.05) is 0 Å². The fraction of sp³-hybridized carbons (Fsp3) is 0.0667. The minimum absolute atomic E-state index is 0.656. The first-order chi connectivity index (χ1) is 8.35. The molecule has 1 aliphatic rings. The number of nitriles is 2. The van der Waals surface area contributed by atoms with Gasteiger partial charge in [-0.15, -0.1) is 0 Å². The van der Waals surface area contributed by atoms with Gasteiger partial charge in [0.15, 0.2) is 0 Å². The number of benzene rings is 2. The standard InChI is InChI=1S/C15H8N2/c16-8-11-5-6-12(9-17)15-13-4-2-1-3-10(13)7-14(11)15/h1-6H,7H2. The number of hydrogen-bond donors (Lipinski definition) is 0. The van der Waals surface area contributed by atoms with Crippen LogP contribution in [-0.4, -0.2) is 0 Å². The summed E-state index contributed by atoms with van der Waals surface area (Å²) in [7, 11) is 0. The zero-order valence-corrected chi connectivity index (χ0v) is 9.07. The Morgan fingerprint density at radius 3 is 2.35 bits per heavy atom. The first-order valence-electron chi connectivity index (χ1n) is 5.39. The van der Waals surface area contributed by atoms with E-state index in [1.165, 1.54) is 5.56 Å². The summed E-state index contributed by atoms with van der Waals surface area (Å²) in [4.78, 5) is 0. The molecule has 0 amide bonds. The van der Waals surface area contributed by atoms with Gasteiger partial charge < -0.3 is 0 Å². The van der Waals surface area contributed by atoms with Crippen LogP contribution in [0, 0.1) is 22.7 Å². The Morgan fingerprint density at radius 2 is 1.59 bits per heavy atom. The maximum Gasteiger partial charge on any atom is 0.0998 e. The zero-order valence-electron chi connectivity index (χ0n) is 9.07. The summed E-state index contributed by atoms with van der Waals surface area (Å²) in [5.74, 6) is 0. The van der Waals surface area contributed by atoms with Crippen LogP contribution in [0.2, 0.25) is 0 Å². The van der Waals surface area contributed by atoms with Crippen molar-refractivity contribution in [2.45, 2.75) is 6.42 Å². The summed E-state index contributed by atoms with van der Waals surface area (Å²) < 4.78 is 0. The molecule has 0 bridgehead atoms. The van der Waals surface area contributed by atoms with Crippen LogP contribution in [0.4, 0.5) is 0 Å². The Morgan fingerprint density at radius 1 is 0.882 bits per heavy atom. The van der Waals surface area contributed by atoms with Crippen LogP contribution < -0.4 is 0 Å². The lowest BCUT2D eigenvalue weighted by molar-refractivity contribution is 1.24. The second kappa shape index (κ2) is 3.47. The first-order valence-corrected chi connectivity index (χ1v) is 5.39. The van der Waals surface area contributed by atoms with Gasteiger partial charge in [0.05, 0.1) is 23.3 Å². The molecule has 17 heavy (non-hydrogen) atoms. The largest absolute Gasteiger partial charge is 0.192 e. The molecule has 0 radical (unpaired) electrons. The molecule has 0 aromatic heterocycles. The van der Waals surface area contributed by atoms with Gasteiger partial charge in [0, 0.05) is 12.0 Å². The van der Waals surface area contributed by atoms with Gasteiger partial charge in [0.2, 0.25) is 0 Å². The average Bonchev–Trinajstić information content (AvgIpc) is 2.77. The molecule has 2 aromatic rings. The summed E-state index contributed by atoms with van der Waals surface area (Å²) in [5.41, 5.74) is 5.56. The van der Waals surface area contributed by atoms with E-state index >= 15 is 0 Å². The number of rotatable bonds is 0. The molecule has 0 fully saturated rings. The summed E-state index contributed by atoms with van der Waals surface area (Å²) in [6, 6.07) is 15.9. The monoisotopic (exact) mass is 216 g/mol. The maximum absolute atomic E-state index is 9.16. The van der Waals surface area contributed by atoms with E-state index in [9.17, 15) is 0 Å². The topological polar surface area (TPSA) is 47.6 Å². The maximum atomic E-state index is 9.16. The highest BCUT2D eigenvalue weighted by atomic mass is 14.3. The molecule has 78 valence electrons. The summed E-state index contributed by atoms with van der Waals surface area (Å²) in [6.45, 7) is 0. The molecule has 0 aliphatic heterocycles. The third kappa shape index (κ3) is 1.25. The quantitative estimate of drug-likeness (QED) is 0.580. The predicted octanol–water partition coefficient (Wildman–Crippen LogP) is 3.00. The molecule has 0 saturated heterocycles. The van der Waals surface area contributed by atoms with Gasteiger partial charge in [0.25, 0.3) is 0 Å². The average molecular weight is 216 g/mol. The van der Waals surface area contributed by atoms with Gasteiger partial charge in [-0.3, -0.25) is 0 Å². The molecule has 2 heteroatoms. The Hall–Kier alpha value is -2.58. The van der Waals surface area contributed by atoms with Crippen molar-refractivity contribution in [2.24, 2.45) is 0 Å². The van der Waals surface area contributed by atoms with Gasteiger partial charge in [0.1, 0.15) is 0 Å². The third-order valence-electron chi connectivity index (χ3n) is 3.21. The minimum atomic E-state index is 0.656. The third-order valence-corrected chi connectivity index (χ3v) is 3.21. The van der Waals surface area contributed by atoms with Crippen LogP contribution in [0.5, 0.6) is 0 Å². The molecule has 3 rings (SSSR count). The van der Waals surface area contributed by atoms with E-state index in [0.717, 1.165) is 23.1 Å². The molecule has 1 aliphatic carbocycles. The molecular formula is C15H8N2. The van der Waals surface area contributed by atoms with Crippen molar-refractivity contribution in [3.05, 3.63) is 58.7 Å². The van der Waals surface area contributed by atoms with Crippen molar-refractivity contribution in [1.82, 2.24) is 0 Å². The molecule has 0 N–H and O–H groups in total. The summed E-state index contributed by atoms with van der Waals surface area (Å²) >= 11 is 0. The van der Waals surface area contributed by atoms with Crippen molar-refractivity contribution in [1.29, 1.82) is 10.5 Å².